The number of anilines is 2. The standard InChI is InChI=1S/C22H20ClN5O.C2H6/c1-16(28-26-14-18-10-11-24-15-21(18)23)13-25-20-9-5-6-17(12-20)22(29)27-19-7-3-2-4-8-19;1-2/h2-12,14-15,25,28H,1,13H2,(H,27,29);1-2H3/b26-14+;. The lowest BCUT2D eigenvalue weighted by molar-refractivity contribution is 0.102. The zero-order chi connectivity index (χ0) is 22.5. The molecule has 3 aromatic rings. The van der Waals surface area contributed by atoms with Crippen molar-refractivity contribution in [2.24, 2.45) is 5.10 Å². The van der Waals surface area contributed by atoms with E-state index in [1.807, 2.05) is 56.3 Å². The second-order valence-electron chi connectivity index (χ2n) is 6.13. The topological polar surface area (TPSA) is 78.4 Å². The van der Waals surface area contributed by atoms with Crippen LogP contribution in [0.15, 0.2) is 90.4 Å². The van der Waals surface area contributed by atoms with Crippen molar-refractivity contribution < 1.29 is 4.79 Å². The minimum atomic E-state index is -0.171. The largest absolute Gasteiger partial charge is 0.379 e. The van der Waals surface area contributed by atoms with Crippen LogP contribution in [0.4, 0.5) is 11.4 Å². The molecule has 31 heavy (non-hydrogen) atoms. The second kappa shape index (κ2) is 12.8. The average Bonchev–Trinajstić information content (AvgIpc) is 2.81. The molecule has 0 saturated heterocycles. The van der Waals surface area contributed by atoms with E-state index >= 15 is 0 Å². The Labute approximate surface area is 188 Å². The number of nitrogens with one attached hydrogen (secondary N) is 3. The van der Waals surface area contributed by atoms with E-state index in [4.69, 9.17) is 11.6 Å². The van der Waals surface area contributed by atoms with Crippen LogP contribution in [0, 0.1) is 0 Å². The Morgan fingerprint density at radius 2 is 1.84 bits per heavy atom. The molecule has 0 aliphatic rings. The molecule has 2 aromatic carbocycles. The number of rotatable bonds is 8. The number of halogens is 1. The van der Waals surface area contributed by atoms with E-state index in [-0.39, 0.29) is 5.91 Å². The highest BCUT2D eigenvalue weighted by Crippen LogP contribution is 2.14. The van der Waals surface area contributed by atoms with Gasteiger partial charge in [0.15, 0.2) is 0 Å². The van der Waals surface area contributed by atoms with Crippen molar-refractivity contribution in [1.82, 2.24) is 10.4 Å². The first-order valence-corrected chi connectivity index (χ1v) is 10.3. The lowest BCUT2D eigenvalue weighted by Crippen LogP contribution is -2.15. The Hall–Kier alpha value is -3.64. The Morgan fingerprint density at radius 1 is 1.10 bits per heavy atom. The minimum absolute atomic E-state index is 0.171. The summed E-state index contributed by atoms with van der Waals surface area (Å²) in [5.74, 6) is -0.171. The van der Waals surface area contributed by atoms with Gasteiger partial charge in [-0.15, -0.1) is 0 Å². The molecule has 3 rings (SSSR count). The third-order valence-corrected chi connectivity index (χ3v) is 4.21. The van der Waals surface area contributed by atoms with Crippen LogP contribution >= 0.6 is 11.6 Å². The summed E-state index contributed by atoms with van der Waals surface area (Å²) in [7, 11) is 0. The van der Waals surface area contributed by atoms with Crippen LogP contribution in [-0.4, -0.2) is 23.7 Å². The number of hydrogen-bond donors (Lipinski definition) is 3. The first kappa shape index (κ1) is 23.6. The van der Waals surface area contributed by atoms with Crippen molar-refractivity contribution in [3.05, 3.63) is 101 Å². The fourth-order valence-corrected chi connectivity index (χ4v) is 2.60. The highest BCUT2D eigenvalue weighted by Gasteiger charge is 2.06. The highest BCUT2D eigenvalue weighted by molar-refractivity contribution is 6.32. The van der Waals surface area contributed by atoms with Gasteiger partial charge < -0.3 is 10.6 Å². The summed E-state index contributed by atoms with van der Waals surface area (Å²) in [5.41, 5.74) is 6.38. The Bertz CT molecular complexity index is 1020. The van der Waals surface area contributed by atoms with Crippen LogP contribution in [0.1, 0.15) is 29.8 Å². The summed E-state index contributed by atoms with van der Waals surface area (Å²) in [6, 6.07) is 18.3. The smallest absolute Gasteiger partial charge is 0.255 e. The Kier molecular flexibility index (Phi) is 9.78. The Balaban J connectivity index is 0.00000166. The highest BCUT2D eigenvalue weighted by atomic mass is 35.5. The van der Waals surface area contributed by atoms with Gasteiger partial charge >= 0.3 is 0 Å². The van der Waals surface area contributed by atoms with Gasteiger partial charge in [-0.3, -0.25) is 15.2 Å². The summed E-state index contributed by atoms with van der Waals surface area (Å²) in [6.07, 6.45) is 4.80. The van der Waals surface area contributed by atoms with E-state index in [0.29, 0.717) is 22.8 Å². The van der Waals surface area contributed by atoms with Gasteiger partial charge in [0.25, 0.3) is 5.91 Å². The fourth-order valence-electron chi connectivity index (χ4n) is 2.43. The van der Waals surface area contributed by atoms with E-state index in [2.05, 4.69) is 32.7 Å². The molecule has 3 N–H and O–H groups in total. The molecule has 6 nitrogen and oxygen atoms in total. The number of para-hydroxylation sites is 1. The molecule has 0 aliphatic heterocycles. The molecule has 0 unspecified atom stereocenters. The van der Waals surface area contributed by atoms with Gasteiger partial charge in [0.05, 0.1) is 17.8 Å². The zero-order valence-electron chi connectivity index (χ0n) is 17.6. The van der Waals surface area contributed by atoms with Gasteiger partial charge in [0.1, 0.15) is 0 Å². The van der Waals surface area contributed by atoms with Crippen LogP contribution in [0.2, 0.25) is 5.02 Å². The lowest BCUT2D eigenvalue weighted by Gasteiger charge is -2.10. The molecular formula is C24H26ClN5O. The van der Waals surface area contributed by atoms with E-state index in [1.54, 1.807) is 36.8 Å². The number of hydrazone groups is 1. The zero-order valence-corrected chi connectivity index (χ0v) is 18.4. The predicted molar refractivity (Wildman–Crippen MR) is 130 cm³/mol. The molecule has 0 saturated carbocycles. The molecule has 0 atom stereocenters. The molecule has 0 radical (unpaired) electrons. The maximum atomic E-state index is 12.4. The molecule has 1 aromatic heterocycles. The monoisotopic (exact) mass is 435 g/mol. The van der Waals surface area contributed by atoms with E-state index < -0.39 is 0 Å². The van der Waals surface area contributed by atoms with Crippen molar-refractivity contribution in [3.8, 4) is 0 Å². The molecule has 7 heteroatoms. The molecule has 0 fully saturated rings. The molecular weight excluding hydrogens is 410 g/mol. The van der Waals surface area contributed by atoms with Crippen LogP contribution < -0.4 is 16.1 Å². The summed E-state index contributed by atoms with van der Waals surface area (Å²) in [4.78, 5) is 16.3. The SMILES string of the molecule is C=C(CNc1cccc(C(=O)Nc2ccccc2)c1)N/N=C/c1ccncc1Cl.CC. The number of pyridine rings is 1. The van der Waals surface area contributed by atoms with Gasteiger partial charge in [-0.2, -0.15) is 5.10 Å². The number of hydrogen-bond acceptors (Lipinski definition) is 5. The van der Waals surface area contributed by atoms with E-state index in [1.165, 1.54) is 0 Å². The maximum absolute atomic E-state index is 12.4. The van der Waals surface area contributed by atoms with Gasteiger partial charge in [-0.25, -0.2) is 0 Å². The summed E-state index contributed by atoms with van der Waals surface area (Å²) >= 11 is 6.02. The van der Waals surface area contributed by atoms with Crippen LogP contribution in [0.5, 0.6) is 0 Å². The Morgan fingerprint density at radius 3 is 2.58 bits per heavy atom. The van der Waals surface area contributed by atoms with Gasteiger partial charge in [-0.1, -0.05) is 56.3 Å². The van der Waals surface area contributed by atoms with Crippen molar-refractivity contribution in [3.63, 3.8) is 0 Å². The molecule has 1 amide bonds. The van der Waals surface area contributed by atoms with Crippen LogP contribution in [-0.2, 0) is 0 Å². The quantitative estimate of drug-likeness (QED) is 0.319. The van der Waals surface area contributed by atoms with Crippen molar-refractivity contribution >= 4 is 35.1 Å². The number of aromatic nitrogens is 1. The van der Waals surface area contributed by atoms with Crippen LogP contribution in [0.25, 0.3) is 0 Å². The predicted octanol–water partition coefficient (Wildman–Crippen LogP) is 5.56. The van der Waals surface area contributed by atoms with Gasteiger partial charge in [-0.05, 0) is 36.4 Å². The maximum Gasteiger partial charge on any atom is 0.255 e. The van der Waals surface area contributed by atoms with Gasteiger partial charge in [0, 0.05) is 40.6 Å². The number of amides is 1. The summed E-state index contributed by atoms with van der Waals surface area (Å²) in [6.45, 7) is 8.36. The summed E-state index contributed by atoms with van der Waals surface area (Å²) in [5, 5.41) is 10.7. The molecule has 1 heterocycles. The normalized spacial score (nSPS) is 10.0. The third kappa shape index (κ3) is 7.95. The van der Waals surface area contributed by atoms with Crippen molar-refractivity contribution in [2.45, 2.75) is 13.8 Å². The summed E-state index contributed by atoms with van der Waals surface area (Å²) < 4.78 is 0. The molecule has 160 valence electrons. The number of carbonyl (C=O) groups excluding carboxylic acids is 1. The third-order valence-electron chi connectivity index (χ3n) is 3.89. The van der Waals surface area contributed by atoms with E-state index in [0.717, 1.165) is 16.9 Å². The molecule has 0 aliphatic carbocycles. The van der Waals surface area contributed by atoms with Crippen LogP contribution in [0.3, 0.4) is 0 Å². The fraction of sp³-hybridized carbons (Fsp3) is 0.125. The average molecular weight is 436 g/mol. The molecule has 0 bridgehead atoms. The number of carbonyl (C=O) groups is 1. The molecule has 0 spiro atoms. The van der Waals surface area contributed by atoms with Crippen molar-refractivity contribution in [1.29, 1.82) is 0 Å². The van der Waals surface area contributed by atoms with E-state index in [9.17, 15) is 4.79 Å². The number of benzene rings is 2. The van der Waals surface area contributed by atoms with Crippen molar-refractivity contribution in [2.75, 3.05) is 17.2 Å². The van der Waals surface area contributed by atoms with Gasteiger partial charge in [0.2, 0.25) is 0 Å². The second-order valence-corrected chi connectivity index (χ2v) is 6.53. The first-order chi connectivity index (χ1) is 15.1. The first-order valence-electron chi connectivity index (χ1n) is 9.88. The number of nitrogens with zero attached hydrogens (tertiary/aromatic N) is 2. The minimum Gasteiger partial charge on any atom is -0.379 e. The lowest BCUT2D eigenvalue weighted by atomic mass is 10.2.